The zero-order chi connectivity index (χ0) is 11.8. The van der Waals surface area contributed by atoms with Gasteiger partial charge in [0.25, 0.3) is 0 Å². The molecule has 1 heterocycles. The molecule has 1 unspecified atom stereocenters. The number of anilines is 1. The summed E-state index contributed by atoms with van der Waals surface area (Å²) in [6.07, 6.45) is 4.11. The van der Waals surface area contributed by atoms with Crippen LogP contribution in [0.2, 0.25) is 0 Å². The van der Waals surface area contributed by atoms with Crippen molar-refractivity contribution in [3.05, 3.63) is 5.01 Å². The normalized spacial score (nSPS) is 19.2. The summed E-state index contributed by atoms with van der Waals surface area (Å²) in [6.45, 7) is 8.77. The lowest BCUT2D eigenvalue weighted by molar-refractivity contribution is 0.285. The molecule has 1 atom stereocenters. The van der Waals surface area contributed by atoms with Crippen LogP contribution in [0.15, 0.2) is 0 Å². The first-order chi connectivity index (χ1) is 7.47. The average Bonchev–Trinajstić information content (AvgIpc) is 2.47. The maximum atomic E-state index is 4.25. The molecule has 1 aromatic heterocycles. The molecule has 0 aromatic carbocycles. The largest absolute Gasteiger partial charge is 0.357 e. The van der Waals surface area contributed by atoms with E-state index in [2.05, 4.69) is 43.2 Å². The van der Waals surface area contributed by atoms with E-state index in [0.717, 1.165) is 16.1 Å². The molecule has 0 aliphatic heterocycles. The molecule has 0 bridgehead atoms. The van der Waals surface area contributed by atoms with Gasteiger partial charge in [0.2, 0.25) is 5.13 Å². The van der Waals surface area contributed by atoms with Gasteiger partial charge in [0.1, 0.15) is 5.01 Å². The summed E-state index contributed by atoms with van der Waals surface area (Å²) in [5.74, 6) is 0.835. The molecule has 0 amide bonds. The summed E-state index contributed by atoms with van der Waals surface area (Å²) in [5.41, 5.74) is 0.108. The Kier molecular flexibility index (Phi) is 3.19. The van der Waals surface area contributed by atoms with E-state index in [0.29, 0.717) is 6.04 Å². The first-order valence-corrected chi connectivity index (χ1v) is 6.89. The molecular weight excluding hydrogens is 218 g/mol. The van der Waals surface area contributed by atoms with Crippen molar-refractivity contribution in [3.8, 4) is 0 Å². The molecule has 90 valence electrons. The maximum absolute atomic E-state index is 4.25. The van der Waals surface area contributed by atoms with Gasteiger partial charge in [-0.05, 0) is 25.7 Å². The minimum Gasteiger partial charge on any atom is -0.357 e. The molecule has 1 fully saturated rings. The highest BCUT2D eigenvalue weighted by molar-refractivity contribution is 7.15. The second-order valence-electron chi connectivity index (χ2n) is 5.79. The van der Waals surface area contributed by atoms with Crippen LogP contribution in [0.4, 0.5) is 5.13 Å². The van der Waals surface area contributed by atoms with Crippen LogP contribution >= 0.6 is 11.3 Å². The number of nitrogens with zero attached hydrogens (tertiary/aromatic N) is 2. The van der Waals surface area contributed by atoms with E-state index >= 15 is 0 Å². The van der Waals surface area contributed by atoms with Crippen molar-refractivity contribution >= 4 is 16.5 Å². The molecule has 1 N–H and O–H groups in total. The molecule has 0 saturated heterocycles. The predicted octanol–water partition coefficient (Wildman–Crippen LogP) is 3.44. The Balaban J connectivity index is 1.97. The van der Waals surface area contributed by atoms with Gasteiger partial charge in [0.15, 0.2) is 0 Å². The van der Waals surface area contributed by atoms with Crippen molar-refractivity contribution in [2.24, 2.45) is 5.92 Å². The second-order valence-corrected chi connectivity index (χ2v) is 6.76. The zero-order valence-corrected chi connectivity index (χ0v) is 11.4. The minimum absolute atomic E-state index is 0.108. The topological polar surface area (TPSA) is 37.8 Å². The molecule has 16 heavy (non-hydrogen) atoms. The van der Waals surface area contributed by atoms with Crippen molar-refractivity contribution in [1.82, 2.24) is 10.2 Å². The third-order valence-corrected chi connectivity index (χ3v) is 4.55. The standard InChI is InChI=1S/C12H21N3S/c1-8(9-6-5-7-9)13-11-15-14-10(16-11)12(2,3)4/h8-9H,5-7H2,1-4H3,(H,13,15). The van der Waals surface area contributed by atoms with Gasteiger partial charge in [0.05, 0.1) is 0 Å². The molecule has 4 heteroatoms. The summed E-state index contributed by atoms with van der Waals surface area (Å²) >= 11 is 1.69. The van der Waals surface area contributed by atoms with Gasteiger partial charge >= 0.3 is 0 Å². The van der Waals surface area contributed by atoms with E-state index < -0.39 is 0 Å². The molecule has 2 rings (SSSR count). The van der Waals surface area contributed by atoms with Crippen LogP contribution in [0.5, 0.6) is 0 Å². The smallest absolute Gasteiger partial charge is 0.205 e. The summed E-state index contributed by atoms with van der Waals surface area (Å²) in [4.78, 5) is 0. The average molecular weight is 239 g/mol. The van der Waals surface area contributed by atoms with Crippen LogP contribution in [0.1, 0.15) is 52.0 Å². The van der Waals surface area contributed by atoms with Crippen molar-refractivity contribution in [2.75, 3.05) is 5.32 Å². The molecule has 0 spiro atoms. The fourth-order valence-electron chi connectivity index (χ4n) is 1.84. The molecule has 3 nitrogen and oxygen atoms in total. The van der Waals surface area contributed by atoms with Crippen LogP contribution in [0.25, 0.3) is 0 Å². The first-order valence-electron chi connectivity index (χ1n) is 6.07. The lowest BCUT2D eigenvalue weighted by Crippen LogP contribution is -2.30. The minimum atomic E-state index is 0.108. The molecule has 1 aliphatic carbocycles. The lowest BCUT2D eigenvalue weighted by atomic mass is 9.80. The highest BCUT2D eigenvalue weighted by atomic mass is 32.1. The van der Waals surface area contributed by atoms with Gasteiger partial charge < -0.3 is 5.32 Å². The van der Waals surface area contributed by atoms with Crippen molar-refractivity contribution in [1.29, 1.82) is 0 Å². The Labute approximate surface area is 102 Å². The van der Waals surface area contributed by atoms with Crippen LogP contribution in [0, 0.1) is 5.92 Å². The number of rotatable bonds is 3. The number of aromatic nitrogens is 2. The quantitative estimate of drug-likeness (QED) is 0.878. The van der Waals surface area contributed by atoms with E-state index in [1.807, 2.05) is 0 Å². The van der Waals surface area contributed by atoms with Crippen LogP contribution in [0.3, 0.4) is 0 Å². The monoisotopic (exact) mass is 239 g/mol. The van der Waals surface area contributed by atoms with E-state index in [1.165, 1.54) is 19.3 Å². The van der Waals surface area contributed by atoms with Crippen molar-refractivity contribution in [2.45, 2.75) is 58.4 Å². The summed E-state index contributed by atoms with van der Waals surface area (Å²) in [5, 5.41) is 14.0. The van der Waals surface area contributed by atoms with Gasteiger partial charge in [0, 0.05) is 11.5 Å². The fourth-order valence-corrected chi connectivity index (χ4v) is 2.73. The Morgan fingerprint density at radius 3 is 2.44 bits per heavy atom. The third-order valence-electron chi connectivity index (χ3n) is 3.27. The third kappa shape index (κ3) is 2.54. The number of hydrogen-bond acceptors (Lipinski definition) is 4. The Morgan fingerprint density at radius 2 is 2.00 bits per heavy atom. The lowest BCUT2D eigenvalue weighted by Gasteiger charge is -2.31. The second kappa shape index (κ2) is 4.32. The fraction of sp³-hybridized carbons (Fsp3) is 0.833. The summed E-state index contributed by atoms with van der Waals surface area (Å²) < 4.78 is 0. The zero-order valence-electron chi connectivity index (χ0n) is 10.6. The Morgan fingerprint density at radius 1 is 1.31 bits per heavy atom. The van der Waals surface area contributed by atoms with E-state index in [-0.39, 0.29) is 5.41 Å². The van der Waals surface area contributed by atoms with Crippen LogP contribution in [-0.4, -0.2) is 16.2 Å². The Bertz CT molecular complexity index is 349. The SMILES string of the molecule is CC(Nc1nnc(C(C)(C)C)s1)C1CCC1. The summed E-state index contributed by atoms with van der Waals surface area (Å²) in [6, 6.07) is 0.537. The van der Waals surface area contributed by atoms with Gasteiger partial charge in [-0.3, -0.25) is 0 Å². The van der Waals surface area contributed by atoms with Crippen molar-refractivity contribution in [3.63, 3.8) is 0 Å². The van der Waals surface area contributed by atoms with Gasteiger partial charge in [-0.2, -0.15) is 0 Å². The molecule has 1 aliphatic rings. The van der Waals surface area contributed by atoms with Crippen LogP contribution < -0.4 is 5.32 Å². The van der Waals surface area contributed by atoms with Gasteiger partial charge in [-0.15, -0.1) is 10.2 Å². The van der Waals surface area contributed by atoms with Crippen molar-refractivity contribution < 1.29 is 0 Å². The first kappa shape index (κ1) is 11.8. The highest BCUT2D eigenvalue weighted by Crippen LogP contribution is 2.33. The van der Waals surface area contributed by atoms with E-state index in [9.17, 15) is 0 Å². The maximum Gasteiger partial charge on any atom is 0.205 e. The predicted molar refractivity (Wildman–Crippen MR) is 69.0 cm³/mol. The van der Waals surface area contributed by atoms with Gasteiger partial charge in [-0.25, -0.2) is 0 Å². The summed E-state index contributed by atoms with van der Waals surface area (Å²) in [7, 11) is 0. The number of nitrogens with one attached hydrogen (secondary N) is 1. The van der Waals surface area contributed by atoms with E-state index in [4.69, 9.17) is 0 Å². The molecule has 1 aromatic rings. The molecular formula is C12H21N3S. The van der Waals surface area contributed by atoms with E-state index in [1.54, 1.807) is 11.3 Å². The van der Waals surface area contributed by atoms with Gasteiger partial charge in [-0.1, -0.05) is 38.5 Å². The number of hydrogen-bond donors (Lipinski definition) is 1. The molecule has 0 radical (unpaired) electrons. The Hall–Kier alpha value is -0.640. The van der Waals surface area contributed by atoms with Crippen LogP contribution in [-0.2, 0) is 5.41 Å². The highest BCUT2D eigenvalue weighted by Gasteiger charge is 2.25. The molecule has 1 saturated carbocycles.